The largest absolute Gasteiger partial charge is 0.370 e. The number of rotatable bonds is 5. The molecule has 110 valence electrons. The summed E-state index contributed by atoms with van der Waals surface area (Å²) in [6.07, 6.45) is 1.68. The van der Waals surface area contributed by atoms with Crippen molar-refractivity contribution in [3.63, 3.8) is 0 Å². The van der Waals surface area contributed by atoms with Gasteiger partial charge in [-0.05, 0) is 30.7 Å². The Kier molecular flexibility index (Phi) is 5.33. The highest BCUT2D eigenvalue weighted by Crippen LogP contribution is 2.19. The van der Waals surface area contributed by atoms with E-state index >= 15 is 0 Å². The fourth-order valence-corrected chi connectivity index (χ4v) is 2.46. The summed E-state index contributed by atoms with van der Waals surface area (Å²) in [5.41, 5.74) is 1.66. The number of nitrogens with zero attached hydrogens (tertiary/aromatic N) is 2. The number of aromatic nitrogens is 1. The van der Waals surface area contributed by atoms with Crippen LogP contribution < -0.4 is 5.32 Å². The van der Waals surface area contributed by atoms with Gasteiger partial charge in [0.1, 0.15) is 5.82 Å². The van der Waals surface area contributed by atoms with Gasteiger partial charge in [0.2, 0.25) is 0 Å². The van der Waals surface area contributed by atoms with E-state index in [0.717, 1.165) is 16.6 Å². The van der Waals surface area contributed by atoms with Crippen LogP contribution in [0.1, 0.15) is 22.8 Å². The van der Waals surface area contributed by atoms with Crippen molar-refractivity contribution < 1.29 is 4.79 Å². The lowest BCUT2D eigenvalue weighted by atomic mass is 10.2. The fraction of sp³-hybridized carbons (Fsp3) is 0.250. The Morgan fingerprint density at radius 2 is 2.05 bits per heavy atom. The van der Waals surface area contributed by atoms with E-state index in [1.807, 2.05) is 31.2 Å². The molecule has 0 bridgehead atoms. The van der Waals surface area contributed by atoms with E-state index < -0.39 is 0 Å². The first-order valence-electron chi connectivity index (χ1n) is 6.81. The fourth-order valence-electron chi connectivity index (χ4n) is 2.05. The molecule has 0 fully saturated rings. The minimum atomic E-state index is -0.0465. The molecule has 2 aromatic rings. The zero-order chi connectivity index (χ0) is 15.2. The minimum Gasteiger partial charge on any atom is -0.370 e. The maximum absolute atomic E-state index is 12.6. The molecular formula is C16H18BrN3O. The van der Waals surface area contributed by atoms with Crippen LogP contribution in [0.25, 0.3) is 0 Å². The lowest BCUT2D eigenvalue weighted by Crippen LogP contribution is -2.27. The van der Waals surface area contributed by atoms with Gasteiger partial charge in [-0.25, -0.2) is 4.98 Å². The first-order chi connectivity index (χ1) is 10.1. The molecule has 4 nitrogen and oxygen atoms in total. The van der Waals surface area contributed by atoms with Crippen molar-refractivity contribution in [1.82, 2.24) is 9.88 Å². The second kappa shape index (κ2) is 7.22. The predicted octanol–water partition coefficient (Wildman–Crippen LogP) is 3.55. The van der Waals surface area contributed by atoms with E-state index in [2.05, 4.69) is 26.2 Å². The number of carbonyl (C=O) groups is 1. The van der Waals surface area contributed by atoms with Crippen molar-refractivity contribution in [2.24, 2.45) is 0 Å². The normalized spacial score (nSPS) is 10.2. The highest BCUT2D eigenvalue weighted by molar-refractivity contribution is 9.10. The highest BCUT2D eigenvalue weighted by atomic mass is 79.9. The summed E-state index contributed by atoms with van der Waals surface area (Å²) in [5, 5.41) is 3.12. The summed E-state index contributed by atoms with van der Waals surface area (Å²) in [4.78, 5) is 18.5. The third-order valence-electron chi connectivity index (χ3n) is 3.09. The Balaban J connectivity index is 2.18. The molecule has 0 aliphatic carbocycles. The summed E-state index contributed by atoms with van der Waals surface area (Å²) in [6, 6.07) is 11.5. The van der Waals surface area contributed by atoms with Gasteiger partial charge in [-0.15, -0.1) is 0 Å². The number of anilines is 1. The van der Waals surface area contributed by atoms with Crippen molar-refractivity contribution in [2.45, 2.75) is 13.5 Å². The number of hydrogen-bond donors (Lipinski definition) is 1. The van der Waals surface area contributed by atoms with Gasteiger partial charge in [-0.2, -0.15) is 0 Å². The molecule has 0 saturated heterocycles. The lowest BCUT2D eigenvalue weighted by Gasteiger charge is -2.19. The third kappa shape index (κ3) is 3.82. The predicted molar refractivity (Wildman–Crippen MR) is 88.3 cm³/mol. The molecule has 0 radical (unpaired) electrons. The first kappa shape index (κ1) is 15.5. The van der Waals surface area contributed by atoms with E-state index in [9.17, 15) is 4.79 Å². The quantitative estimate of drug-likeness (QED) is 0.899. The zero-order valence-corrected chi connectivity index (χ0v) is 13.7. The van der Waals surface area contributed by atoms with E-state index in [1.54, 1.807) is 30.3 Å². The van der Waals surface area contributed by atoms with E-state index in [-0.39, 0.29) is 5.91 Å². The topological polar surface area (TPSA) is 45.2 Å². The van der Waals surface area contributed by atoms with Crippen LogP contribution in [0.15, 0.2) is 47.1 Å². The van der Waals surface area contributed by atoms with Gasteiger partial charge in [0.05, 0.1) is 5.56 Å². The molecule has 1 N–H and O–H groups in total. The number of nitrogens with one attached hydrogen (secondary N) is 1. The smallest absolute Gasteiger partial charge is 0.257 e. The molecule has 0 spiro atoms. The molecule has 0 aliphatic rings. The maximum atomic E-state index is 12.6. The van der Waals surface area contributed by atoms with Gasteiger partial charge in [-0.3, -0.25) is 4.79 Å². The minimum absolute atomic E-state index is 0.0465. The molecule has 1 heterocycles. The Morgan fingerprint density at radius 1 is 1.29 bits per heavy atom. The molecule has 1 aromatic heterocycles. The molecule has 1 amide bonds. The average molecular weight is 348 g/mol. The van der Waals surface area contributed by atoms with Crippen LogP contribution in [0, 0.1) is 0 Å². The van der Waals surface area contributed by atoms with E-state index in [0.29, 0.717) is 17.9 Å². The maximum Gasteiger partial charge on any atom is 0.257 e. The van der Waals surface area contributed by atoms with Crippen molar-refractivity contribution in [2.75, 3.05) is 18.9 Å². The van der Waals surface area contributed by atoms with Gasteiger partial charge in [0.15, 0.2) is 0 Å². The number of benzene rings is 1. The number of pyridine rings is 1. The third-order valence-corrected chi connectivity index (χ3v) is 3.87. The summed E-state index contributed by atoms with van der Waals surface area (Å²) in [6.45, 7) is 3.25. The Hall–Kier alpha value is -1.88. The molecule has 0 atom stereocenters. The Labute approximate surface area is 133 Å². The second-order valence-corrected chi connectivity index (χ2v) is 5.54. The van der Waals surface area contributed by atoms with Crippen molar-refractivity contribution in [1.29, 1.82) is 0 Å². The molecule has 2 rings (SSSR count). The van der Waals surface area contributed by atoms with Gasteiger partial charge < -0.3 is 10.2 Å². The van der Waals surface area contributed by atoms with Gasteiger partial charge in [-0.1, -0.05) is 34.1 Å². The van der Waals surface area contributed by atoms with Gasteiger partial charge in [0, 0.05) is 30.8 Å². The number of hydrogen-bond acceptors (Lipinski definition) is 3. The summed E-state index contributed by atoms with van der Waals surface area (Å²) >= 11 is 3.51. The lowest BCUT2D eigenvalue weighted by molar-refractivity contribution is 0.0785. The average Bonchev–Trinajstić information content (AvgIpc) is 2.50. The number of carbonyl (C=O) groups excluding carboxylic acids is 1. The monoisotopic (exact) mass is 347 g/mol. The zero-order valence-electron chi connectivity index (χ0n) is 12.1. The van der Waals surface area contributed by atoms with Crippen LogP contribution in [0.5, 0.6) is 0 Å². The Bertz CT molecular complexity index is 630. The van der Waals surface area contributed by atoms with Crippen molar-refractivity contribution in [3.8, 4) is 0 Å². The number of halogens is 1. The molecule has 21 heavy (non-hydrogen) atoms. The number of amides is 1. The van der Waals surface area contributed by atoms with Crippen LogP contribution in [0.3, 0.4) is 0 Å². The molecule has 0 saturated carbocycles. The highest BCUT2D eigenvalue weighted by Gasteiger charge is 2.17. The van der Waals surface area contributed by atoms with Crippen LogP contribution in [-0.4, -0.2) is 29.4 Å². The molecule has 5 heteroatoms. The summed E-state index contributed by atoms with van der Waals surface area (Å²) in [7, 11) is 1.80. The molecule has 0 aliphatic heterocycles. The molecule has 1 aromatic carbocycles. The standard InChI is InChI=1S/C16H18BrN3O/c1-3-18-15-13(8-6-10-19-15)16(21)20(2)11-12-7-4-5-9-14(12)17/h4-10H,3,11H2,1-2H3,(H,18,19). The van der Waals surface area contributed by atoms with E-state index in [1.165, 1.54) is 0 Å². The molecular weight excluding hydrogens is 330 g/mol. The first-order valence-corrected chi connectivity index (χ1v) is 7.60. The van der Waals surface area contributed by atoms with Crippen LogP contribution in [0.2, 0.25) is 0 Å². The van der Waals surface area contributed by atoms with Crippen LogP contribution in [0.4, 0.5) is 5.82 Å². The van der Waals surface area contributed by atoms with Crippen LogP contribution in [-0.2, 0) is 6.54 Å². The molecule has 0 unspecified atom stereocenters. The summed E-state index contributed by atoms with van der Waals surface area (Å²) < 4.78 is 1.00. The Morgan fingerprint density at radius 3 is 2.76 bits per heavy atom. The van der Waals surface area contributed by atoms with E-state index in [4.69, 9.17) is 0 Å². The van der Waals surface area contributed by atoms with Crippen molar-refractivity contribution in [3.05, 3.63) is 58.2 Å². The van der Waals surface area contributed by atoms with Gasteiger partial charge >= 0.3 is 0 Å². The second-order valence-electron chi connectivity index (χ2n) is 4.68. The SMILES string of the molecule is CCNc1ncccc1C(=O)N(C)Cc1ccccc1Br. The van der Waals surface area contributed by atoms with Gasteiger partial charge in [0.25, 0.3) is 5.91 Å². The van der Waals surface area contributed by atoms with Crippen LogP contribution >= 0.6 is 15.9 Å². The van der Waals surface area contributed by atoms with Crippen molar-refractivity contribution >= 4 is 27.7 Å². The summed E-state index contributed by atoms with van der Waals surface area (Å²) in [5.74, 6) is 0.582.